The number of hydrogen-bond donors (Lipinski definition) is 0. The van der Waals surface area contributed by atoms with E-state index >= 15 is 0 Å². The average molecular weight is 508 g/mol. The first-order valence-corrected chi connectivity index (χ1v) is 13.6. The normalized spacial score (nSPS) is 15.8. The van der Waals surface area contributed by atoms with Crippen LogP contribution in [-0.4, -0.2) is 56.8 Å². The smallest absolute Gasteiger partial charge is 0.162 e. The van der Waals surface area contributed by atoms with Crippen LogP contribution in [-0.2, 0) is 42.5 Å². The molecule has 0 spiro atoms. The Hall–Kier alpha value is -2.23. The number of Topliss-reactive ketones (excluding diaryl/α,β-unsaturated/α-hetero) is 1. The molecule has 35 heavy (non-hydrogen) atoms. The molecule has 8 nitrogen and oxygen atoms in total. The summed E-state index contributed by atoms with van der Waals surface area (Å²) in [6.07, 6.45) is 1.27. The highest BCUT2D eigenvalue weighted by Crippen LogP contribution is 2.28. The van der Waals surface area contributed by atoms with Crippen LogP contribution in [0.3, 0.4) is 0 Å². The lowest BCUT2D eigenvalue weighted by Gasteiger charge is -2.28. The van der Waals surface area contributed by atoms with E-state index in [9.17, 15) is 13.2 Å². The summed E-state index contributed by atoms with van der Waals surface area (Å²) in [5.41, 5.74) is 1.22. The Morgan fingerprint density at radius 2 is 1.77 bits per heavy atom. The summed E-state index contributed by atoms with van der Waals surface area (Å²) in [5.74, 6) is 0.758. The molecule has 1 aliphatic heterocycles. The molecule has 9 heteroatoms. The van der Waals surface area contributed by atoms with Crippen molar-refractivity contribution in [1.82, 2.24) is 5.16 Å². The van der Waals surface area contributed by atoms with Crippen LogP contribution in [0.25, 0.3) is 0 Å². The Morgan fingerprint density at radius 1 is 1.11 bits per heavy atom. The van der Waals surface area contributed by atoms with Gasteiger partial charge in [-0.2, -0.15) is 0 Å². The monoisotopic (exact) mass is 507 g/mol. The molecule has 0 unspecified atom stereocenters. The molecule has 0 amide bonds. The molecule has 194 valence electrons. The van der Waals surface area contributed by atoms with E-state index in [-0.39, 0.29) is 18.1 Å². The highest BCUT2D eigenvalue weighted by atomic mass is 32.2. The predicted molar refractivity (Wildman–Crippen MR) is 132 cm³/mol. The van der Waals surface area contributed by atoms with Crippen molar-refractivity contribution in [2.24, 2.45) is 5.92 Å². The summed E-state index contributed by atoms with van der Waals surface area (Å²) >= 11 is 0. The summed E-state index contributed by atoms with van der Waals surface area (Å²) in [4.78, 5) is 13.0. The van der Waals surface area contributed by atoms with Crippen LogP contribution in [0, 0.1) is 5.92 Å². The second-order valence-electron chi connectivity index (χ2n) is 10.4. The zero-order valence-electron chi connectivity index (χ0n) is 21.3. The van der Waals surface area contributed by atoms with E-state index in [1.54, 1.807) is 13.2 Å². The molecule has 3 rings (SSSR count). The minimum Gasteiger partial charge on any atom is -0.497 e. The third-order valence-corrected chi connectivity index (χ3v) is 9.42. The van der Waals surface area contributed by atoms with E-state index in [0.717, 1.165) is 11.3 Å². The summed E-state index contributed by atoms with van der Waals surface area (Å²) in [6.45, 7) is 8.89. The van der Waals surface area contributed by atoms with Crippen molar-refractivity contribution < 1.29 is 31.9 Å². The van der Waals surface area contributed by atoms with Crippen LogP contribution in [0.4, 0.5) is 0 Å². The molecule has 0 radical (unpaired) electrons. The summed E-state index contributed by atoms with van der Waals surface area (Å²) < 4.78 is 46.4. The molecular formula is C26H37NO7S. The van der Waals surface area contributed by atoms with E-state index in [1.165, 1.54) is 13.8 Å². The molecule has 0 bridgehead atoms. The van der Waals surface area contributed by atoms with Crippen molar-refractivity contribution in [3.8, 4) is 5.75 Å². The third-order valence-electron chi connectivity index (χ3n) is 6.72. The molecule has 2 heterocycles. The van der Waals surface area contributed by atoms with Crippen molar-refractivity contribution in [1.29, 1.82) is 0 Å². The third kappa shape index (κ3) is 6.92. The molecule has 1 fully saturated rings. The summed E-state index contributed by atoms with van der Waals surface area (Å²) in [5, 5.41) is 4.14. The van der Waals surface area contributed by atoms with Crippen molar-refractivity contribution in [2.75, 3.05) is 32.7 Å². The highest BCUT2D eigenvalue weighted by Gasteiger charge is 2.43. The maximum absolute atomic E-state index is 13.1. The number of carbonyl (C=O) groups excluding carboxylic acids is 1. The van der Waals surface area contributed by atoms with Crippen LogP contribution in [0.2, 0.25) is 0 Å². The first kappa shape index (κ1) is 27.4. The summed E-state index contributed by atoms with van der Waals surface area (Å²) in [7, 11) is -2.01. The Balaban J connectivity index is 1.57. The van der Waals surface area contributed by atoms with E-state index in [2.05, 4.69) is 5.16 Å². The second-order valence-corrected chi connectivity index (χ2v) is 12.9. The van der Waals surface area contributed by atoms with Crippen molar-refractivity contribution in [2.45, 2.75) is 63.7 Å². The van der Waals surface area contributed by atoms with Gasteiger partial charge in [0.25, 0.3) is 0 Å². The van der Waals surface area contributed by atoms with E-state index in [4.69, 9.17) is 18.7 Å². The molecule has 0 aliphatic carbocycles. The SMILES string of the molecule is COc1ccc(COCC(C)(C)c2cc(CC(=O)C(C)(C)S(=O)(=O)CC3CCOCC3)on2)cc1. The first-order chi connectivity index (χ1) is 16.4. The number of benzene rings is 1. The van der Waals surface area contributed by atoms with Crippen LogP contribution < -0.4 is 4.74 Å². The lowest BCUT2D eigenvalue weighted by atomic mass is 9.90. The van der Waals surface area contributed by atoms with Crippen molar-refractivity contribution in [3.05, 3.63) is 47.3 Å². The Bertz CT molecular complexity index is 1080. The number of nitrogens with zero attached hydrogens (tertiary/aromatic N) is 1. The molecule has 0 atom stereocenters. The van der Waals surface area contributed by atoms with Gasteiger partial charge in [0.05, 0.1) is 38.2 Å². The summed E-state index contributed by atoms with van der Waals surface area (Å²) in [6, 6.07) is 9.38. The van der Waals surface area contributed by atoms with Gasteiger partial charge in [0.2, 0.25) is 0 Å². The number of hydrogen-bond acceptors (Lipinski definition) is 8. The lowest BCUT2D eigenvalue weighted by Crippen LogP contribution is -2.44. The number of rotatable bonds is 12. The minimum absolute atomic E-state index is 0.00464. The molecule has 0 saturated carbocycles. The fraction of sp³-hybridized carbons (Fsp3) is 0.615. The number of ketones is 1. The van der Waals surface area contributed by atoms with Gasteiger partial charge in [0, 0.05) is 24.7 Å². The molecule has 0 N–H and O–H groups in total. The number of methoxy groups -OCH3 is 1. The molecule has 1 aromatic heterocycles. The van der Waals surface area contributed by atoms with Gasteiger partial charge in [-0.05, 0) is 50.3 Å². The van der Waals surface area contributed by atoms with Gasteiger partial charge in [-0.15, -0.1) is 0 Å². The molecular weight excluding hydrogens is 470 g/mol. The fourth-order valence-electron chi connectivity index (χ4n) is 3.91. The van der Waals surface area contributed by atoms with Crippen molar-refractivity contribution >= 4 is 15.6 Å². The van der Waals surface area contributed by atoms with E-state index in [0.29, 0.717) is 50.7 Å². The molecule has 1 aromatic carbocycles. The van der Waals surface area contributed by atoms with E-state index in [1.807, 2.05) is 38.1 Å². The lowest BCUT2D eigenvalue weighted by molar-refractivity contribution is -0.120. The minimum atomic E-state index is -3.64. The Kier molecular flexibility index (Phi) is 8.77. The van der Waals surface area contributed by atoms with Crippen LogP contribution in [0.5, 0.6) is 5.75 Å². The highest BCUT2D eigenvalue weighted by molar-refractivity contribution is 7.93. The van der Waals surface area contributed by atoms with Crippen LogP contribution >= 0.6 is 0 Å². The topological polar surface area (TPSA) is 105 Å². The van der Waals surface area contributed by atoms with Crippen LogP contribution in [0.15, 0.2) is 34.9 Å². The largest absolute Gasteiger partial charge is 0.497 e. The van der Waals surface area contributed by atoms with Gasteiger partial charge in [-0.1, -0.05) is 31.1 Å². The number of ether oxygens (including phenoxy) is 3. The van der Waals surface area contributed by atoms with Gasteiger partial charge < -0.3 is 18.7 Å². The number of sulfone groups is 1. The Morgan fingerprint density at radius 3 is 2.40 bits per heavy atom. The zero-order valence-corrected chi connectivity index (χ0v) is 22.2. The van der Waals surface area contributed by atoms with E-state index < -0.39 is 25.8 Å². The fourth-order valence-corrected chi connectivity index (χ4v) is 5.70. The zero-order chi connectivity index (χ0) is 25.7. The second kappa shape index (κ2) is 11.2. The molecule has 1 saturated heterocycles. The molecule has 2 aromatic rings. The molecule has 1 aliphatic rings. The number of carbonyl (C=O) groups is 1. The average Bonchev–Trinajstić information content (AvgIpc) is 3.29. The first-order valence-electron chi connectivity index (χ1n) is 11.9. The van der Waals surface area contributed by atoms with Crippen molar-refractivity contribution in [3.63, 3.8) is 0 Å². The maximum Gasteiger partial charge on any atom is 0.162 e. The van der Waals surface area contributed by atoms with Crippen LogP contribution in [0.1, 0.15) is 57.6 Å². The van der Waals surface area contributed by atoms with Gasteiger partial charge in [0.1, 0.15) is 16.3 Å². The van der Waals surface area contributed by atoms with Gasteiger partial charge in [-0.3, -0.25) is 4.79 Å². The Labute approximate surface area is 208 Å². The maximum atomic E-state index is 13.1. The predicted octanol–water partition coefficient (Wildman–Crippen LogP) is 3.91. The standard InChI is InChI=1S/C26H37NO7S/c1-25(2,18-33-16-19-6-8-21(31-5)9-7-19)23-14-22(34-27-23)15-24(28)26(3,4)35(29,30)17-20-10-12-32-13-11-20/h6-9,14,20H,10-13,15-18H2,1-5H3. The quantitative estimate of drug-likeness (QED) is 0.426. The van der Waals surface area contributed by atoms with Gasteiger partial charge in [-0.25, -0.2) is 8.42 Å². The number of aromatic nitrogens is 1. The van der Waals surface area contributed by atoms with Gasteiger partial charge >= 0.3 is 0 Å². The van der Waals surface area contributed by atoms with Gasteiger partial charge in [0.15, 0.2) is 15.6 Å².